The molecule has 148 valence electrons. The Bertz CT molecular complexity index is 1210. The number of hydrogen-bond donors (Lipinski definition) is 0. The zero-order chi connectivity index (χ0) is 20.5. The third kappa shape index (κ3) is 3.58. The first-order chi connectivity index (χ1) is 14.0. The number of aromatic nitrogens is 3. The number of imidazole rings is 1. The summed E-state index contributed by atoms with van der Waals surface area (Å²) in [6.07, 6.45) is 0. The number of hydrogen-bond acceptors (Lipinski definition) is 4. The number of nitrogens with zero attached hydrogens (tertiary/aromatic N) is 3. The highest BCUT2D eigenvalue weighted by atomic mass is 35.5. The van der Waals surface area contributed by atoms with E-state index in [1.807, 2.05) is 49.4 Å². The normalized spacial score (nSPS) is 11.5. The Morgan fingerprint density at radius 2 is 1.83 bits per heavy atom. The number of alkyl halides is 1. The maximum absolute atomic E-state index is 12.8. The lowest BCUT2D eigenvalue weighted by atomic mass is 10.1. The number of halogens is 1. The average Bonchev–Trinajstić information content (AvgIpc) is 3.06. The van der Waals surface area contributed by atoms with Gasteiger partial charge in [-0.2, -0.15) is 0 Å². The first kappa shape index (κ1) is 19.4. The molecule has 2 aromatic heterocycles. The van der Waals surface area contributed by atoms with E-state index in [9.17, 15) is 4.79 Å². The molecule has 0 amide bonds. The molecule has 4 aromatic rings. The predicted octanol–water partition coefficient (Wildman–Crippen LogP) is 5.51. The van der Waals surface area contributed by atoms with Crippen LogP contribution in [0, 0.1) is 12.8 Å². The van der Waals surface area contributed by atoms with Gasteiger partial charge >= 0.3 is 5.97 Å². The second kappa shape index (κ2) is 7.84. The third-order valence-electron chi connectivity index (χ3n) is 4.85. The van der Waals surface area contributed by atoms with Crippen molar-refractivity contribution in [3.05, 3.63) is 65.5 Å². The van der Waals surface area contributed by atoms with Gasteiger partial charge in [0.15, 0.2) is 5.52 Å². The Balaban J connectivity index is 1.93. The van der Waals surface area contributed by atoms with Gasteiger partial charge in [0.25, 0.3) is 5.88 Å². The molecule has 0 bridgehead atoms. The van der Waals surface area contributed by atoms with Gasteiger partial charge in [-0.3, -0.25) is 0 Å². The molecular weight excluding hydrogens is 386 g/mol. The maximum Gasteiger partial charge on any atom is 0.345 e. The second-order valence-electron chi connectivity index (χ2n) is 7.50. The van der Waals surface area contributed by atoms with Crippen LogP contribution in [0.25, 0.3) is 21.9 Å². The van der Waals surface area contributed by atoms with E-state index >= 15 is 0 Å². The Labute approximate surface area is 174 Å². The van der Waals surface area contributed by atoms with Gasteiger partial charge in [0.05, 0.1) is 22.5 Å². The maximum atomic E-state index is 12.8. The van der Waals surface area contributed by atoms with E-state index in [2.05, 4.69) is 23.4 Å². The molecule has 0 unspecified atom stereocenters. The molecule has 0 saturated carbocycles. The SMILES string of the molecule is Cc1ccccc1C(=O)Oc1nc2ccccc2c2c1nc(CCl)n2CC(C)C. The summed E-state index contributed by atoms with van der Waals surface area (Å²) in [4.78, 5) is 22.1. The van der Waals surface area contributed by atoms with Gasteiger partial charge in [-0.25, -0.2) is 14.8 Å². The molecule has 0 saturated heterocycles. The minimum Gasteiger partial charge on any atom is -0.401 e. The van der Waals surface area contributed by atoms with Crippen LogP contribution in [-0.4, -0.2) is 20.5 Å². The Morgan fingerprint density at radius 1 is 1.10 bits per heavy atom. The van der Waals surface area contributed by atoms with Crippen LogP contribution in [0.1, 0.15) is 35.6 Å². The fourth-order valence-electron chi connectivity index (χ4n) is 3.53. The number of para-hydroxylation sites is 1. The van der Waals surface area contributed by atoms with Crippen LogP contribution in [0.5, 0.6) is 5.88 Å². The van der Waals surface area contributed by atoms with Crippen molar-refractivity contribution < 1.29 is 9.53 Å². The van der Waals surface area contributed by atoms with E-state index in [4.69, 9.17) is 21.3 Å². The van der Waals surface area contributed by atoms with Crippen molar-refractivity contribution in [2.75, 3.05) is 0 Å². The Morgan fingerprint density at radius 3 is 2.55 bits per heavy atom. The van der Waals surface area contributed by atoms with Crippen molar-refractivity contribution >= 4 is 39.5 Å². The number of rotatable bonds is 5. The lowest BCUT2D eigenvalue weighted by Gasteiger charge is -2.12. The predicted molar refractivity (Wildman–Crippen MR) is 116 cm³/mol. The molecule has 0 N–H and O–H groups in total. The summed E-state index contributed by atoms with van der Waals surface area (Å²) in [5, 5.41) is 0.961. The molecule has 2 heterocycles. The quantitative estimate of drug-likeness (QED) is 0.323. The van der Waals surface area contributed by atoms with Crippen molar-refractivity contribution in [1.29, 1.82) is 0 Å². The molecule has 0 spiro atoms. The molecule has 0 aliphatic rings. The Hall–Kier alpha value is -2.92. The van der Waals surface area contributed by atoms with E-state index in [0.717, 1.165) is 34.4 Å². The molecule has 0 radical (unpaired) electrons. The Kier molecular flexibility index (Phi) is 5.24. The monoisotopic (exact) mass is 407 g/mol. The first-order valence-corrected chi connectivity index (χ1v) is 10.1. The van der Waals surface area contributed by atoms with Gasteiger partial charge in [0, 0.05) is 11.9 Å². The molecule has 0 aliphatic heterocycles. The van der Waals surface area contributed by atoms with Crippen molar-refractivity contribution in [2.45, 2.75) is 33.2 Å². The van der Waals surface area contributed by atoms with Crippen LogP contribution in [0.15, 0.2) is 48.5 Å². The topological polar surface area (TPSA) is 57.0 Å². The number of ether oxygens (including phenoxy) is 1. The van der Waals surface area contributed by atoms with Crippen LogP contribution in [0.3, 0.4) is 0 Å². The molecule has 0 atom stereocenters. The fraction of sp³-hybridized carbons (Fsp3) is 0.261. The van der Waals surface area contributed by atoms with Crippen molar-refractivity contribution in [2.24, 2.45) is 5.92 Å². The number of pyridine rings is 1. The second-order valence-corrected chi connectivity index (χ2v) is 7.77. The zero-order valence-corrected chi connectivity index (χ0v) is 17.4. The van der Waals surface area contributed by atoms with Crippen LogP contribution < -0.4 is 4.74 Å². The molecule has 0 aliphatic carbocycles. The van der Waals surface area contributed by atoms with Crippen molar-refractivity contribution in [3.63, 3.8) is 0 Å². The van der Waals surface area contributed by atoms with Gasteiger partial charge in [-0.15, -0.1) is 11.6 Å². The third-order valence-corrected chi connectivity index (χ3v) is 5.09. The molecular formula is C23H22ClN3O2. The summed E-state index contributed by atoms with van der Waals surface area (Å²) in [5.74, 6) is 1.17. The largest absolute Gasteiger partial charge is 0.401 e. The molecule has 4 rings (SSSR count). The minimum absolute atomic E-state index is 0.209. The summed E-state index contributed by atoms with van der Waals surface area (Å²) in [6, 6.07) is 15.1. The van der Waals surface area contributed by atoms with E-state index in [1.165, 1.54) is 0 Å². The van der Waals surface area contributed by atoms with Crippen LogP contribution in [0.2, 0.25) is 0 Å². The highest BCUT2D eigenvalue weighted by molar-refractivity contribution is 6.17. The highest BCUT2D eigenvalue weighted by Gasteiger charge is 2.22. The molecule has 5 nitrogen and oxygen atoms in total. The van der Waals surface area contributed by atoms with Crippen molar-refractivity contribution in [1.82, 2.24) is 14.5 Å². The first-order valence-electron chi connectivity index (χ1n) is 9.61. The smallest absolute Gasteiger partial charge is 0.345 e. The minimum atomic E-state index is -0.446. The summed E-state index contributed by atoms with van der Waals surface area (Å²) in [5.41, 5.74) is 3.56. The van der Waals surface area contributed by atoms with E-state index in [1.54, 1.807) is 6.07 Å². The van der Waals surface area contributed by atoms with Crippen LogP contribution >= 0.6 is 11.6 Å². The van der Waals surface area contributed by atoms with E-state index in [0.29, 0.717) is 17.0 Å². The average molecular weight is 408 g/mol. The van der Waals surface area contributed by atoms with Crippen LogP contribution in [0.4, 0.5) is 0 Å². The number of fused-ring (bicyclic) bond motifs is 3. The number of benzene rings is 2. The number of carbonyl (C=O) groups is 1. The lowest BCUT2D eigenvalue weighted by Crippen LogP contribution is -2.11. The van der Waals surface area contributed by atoms with E-state index < -0.39 is 5.97 Å². The summed E-state index contributed by atoms with van der Waals surface area (Å²) >= 11 is 6.20. The lowest BCUT2D eigenvalue weighted by molar-refractivity contribution is 0.0729. The van der Waals surface area contributed by atoms with E-state index in [-0.39, 0.29) is 11.8 Å². The number of esters is 1. The molecule has 29 heavy (non-hydrogen) atoms. The summed E-state index contributed by atoms with van der Waals surface area (Å²) in [6.45, 7) is 6.93. The zero-order valence-electron chi connectivity index (χ0n) is 16.6. The number of aryl methyl sites for hydroxylation is 1. The van der Waals surface area contributed by atoms with Crippen molar-refractivity contribution in [3.8, 4) is 5.88 Å². The van der Waals surface area contributed by atoms with Gasteiger partial charge in [0.2, 0.25) is 0 Å². The summed E-state index contributed by atoms with van der Waals surface area (Å²) in [7, 11) is 0. The number of carbonyl (C=O) groups excluding carboxylic acids is 1. The van der Waals surface area contributed by atoms with Gasteiger partial charge < -0.3 is 9.30 Å². The van der Waals surface area contributed by atoms with Crippen LogP contribution in [-0.2, 0) is 12.4 Å². The molecule has 6 heteroatoms. The van der Waals surface area contributed by atoms with Gasteiger partial charge in [0.1, 0.15) is 5.82 Å². The fourth-order valence-corrected chi connectivity index (χ4v) is 3.74. The standard InChI is InChI=1S/C23H22ClN3O2/c1-14(2)13-27-19(12-24)26-20-21(27)17-10-6-7-11-18(17)25-22(20)29-23(28)16-9-5-4-8-15(16)3/h4-11,14H,12-13H2,1-3H3. The molecule has 2 aromatic carbocycles. The molecule has 0 fully saturated rings. The highest BCUT2D eigenvalue weighted by Crippen LogP contribution is 2.33. The van der Waals surface area contributed by atoms with Gasteiger partial charge in [-0.05, 0) is 30.5 Å². The van der Waals surface area contributed by atoms with Gasteiger partial charge in [-0.1, -0.05) is 50.2 Å². The summed E-state index contributed by atoms with van der Waals surface area (Å²) < 4.78 is 7.86.